The van der Waals surface area contributed by atoms with E-state index in [-0.39, 0.29) is 31.1 Å². The standard InChI is InChI=1S/C26H36N6O6/c1-3-15(2)22(31-23(34)19(27)11-16-6-8-18(33)9-7-16)24(35)30-20(12-17-13-28-14-29-17)25(36)32-10-4-5-21(32)26(37)38/h6-9,13-15,19-22,33H,3-5,10-12,27H2,1-2H3,(H,28,29)(H,30,35)(H,31,34)(H,37,38)/t15-,19-,20-,21-,22-/m0/s1. The molecule has 1 aliphatic heterocycles. The molecule has 12 heteroatoms. The van der Waals surface area contributed by atoms with E-state index in [0.717, 1.165) is 5.56 Å². The van der Waals surface area contributed by atoms with Crippen molar-refractivity contribution in [3.05, 3.63) is 48.0 Å². The molecule has 206 valence electrons. The van der Waals surface area contributed by atoms with Gasteiger partial charge in [0.25, 0.3) is 0 Å². The molecular weight excluding hydrogens is 492 g/mol. The van der Waals surface area contributed by atoms with Crippen LogP contribution in [0.4, 0.5) is 0 Å². The topological polar surface area (TPSA) is 191 Å². The molecule has 38 heavy (non-hydrogen) atoms. The summed E-state index contributed by atoms with van der Waals surface area (Å²) in [6.07, 6.45) is 4.72. The molecule has 1 aliphatic rings. The van der Waals surface area contributed by atoms with E-state index in [0.29, 0.717) is 25.0 Å². The number of carboxylic acid groups (broad SMARTS) is 1. The average Bonchev–Trinajstić information content (AvgIpc) is 3.59. The first kappa shape index (κ1) is 28.6. The number of aromatic amines is 1. The molecule has 2 aromatic rings. The van der Waals surface area contributed by atoms with Gasteiger partial charge in [0.05, 0.1) is 12.4 Å². The van der Waals surface area contributed by atoms with Gasteiger partial charge in [-0.05, 0) is 42.9 Å². The van der Waals surface area contributed by atoms with E-state index < -0.39 is 47.9 Å². The Balaban J connectivity index is 1.75. The number of phenols is 1. The van der Waals surface area contributed by atoms with Gasteiger partial charge >= 0.3 is 5.97 Å². The Morgan fingerprint density at radius 1 is 1.16 bits per heavy atom. The van der Waals surface area contributed by atoms with Crippen LogP contribution in [0.15, 0.2) is 36.8 Å². The summed E-state index contributed by atoms with van der Waals surface area (Å²) in [6.45, 7) is 3.97. The van der Waals surface area contributed by atoms with E-state index in [2.05, 4.69) is 20.6 Å². The van der Waals surface area contributed by atoms with E-state index in [1.807, 2.05) is 13.8 Å². The Labute approximate surface area is 221 Å². The SMILES string of the molecule is CC[C@H](C)[C@H](NC(=O)[C@@H](N)Cc1ccc(O)cc1)C(=O)N[C@@H](Cc1cnc[nH]1)C(=O)N1CCC[C@H]1C(=O)O. The summed E-state index contributed by atoms with van der Waals surface area (Å²) < 4.78 is 0. The predicted molar refractivity (Wildman–Crippen MR) is 138 cm³/mol. The van der Waals surface area contributed by atoms with Gasteiger partial charge in [0.15, 0.2) is 0 Å². The smallest absolute Gasteiger partial charge is 0.326 e. The van der Waals surface area contributed by atoms with Crippen LogP contribution in [0.1, 0.15) is 44.4 Å². The zero-order valence-electron chi connectivity index (χ0n) is 21.6. The number of aromatic nitrogens is 2. The van der Waals surface area contributed by atoms with Gasteiger partial charge in [-0.15, -0.1) is 0 Å². The number of aromatic hydroxyl groups is 1. The molecule has 0 bridgehead atoms. The molecule has 0 spiro atoms. The number of nitrogens with two attached hydrogens (primary N) is 1. The number of carboxylic acids is 1. The van der Waals surface area contributed by atoms with E-state index in [9.17, 15) is 29.4 Å². The molecule has 2 heterocycles. The molecule has 0 radical (unpaired) electrons. The Morgan fingerprint density at radius 2 is 1.87 bits per heavy atom. The maximum atomic E-state index is 13.5. The molecular formula is C26H36N6O6. The van der Waals surface area contributed by atoms with Crippen LogP contribution in [0.5, 0.6) is 5.75 Å². The first-order valence-corrected chi connectivity index (χ1v) is 12.8. The third kappa shape index (κ3) is 7.31. The number of carbonyl (C=O) groups excluding carboxylic acids is 3. The lowest BCUT2D eigenvalue weighted by Crippen LogP contribution is -2.59. The minimum absolute atomic E-state index is 0.0783. The maximum absolute atomic E-state index is 13.5. The van der Waals surface area contributed by atoms with Crippen molar-refractivity contribution >= 4 is 23.7 Å². The molecule has 12 nitrogen and oxygen atoms in total. The van der Waals surface area contributed by atoms with Crippen LogP contribution < -0.4 is 16.4 Å². The molecule has 5 atom stereocenters. The quantitative estimate of drug-likeness (QED) is 0.227. The number of amides is 3. The van der Waals surface area contributed by atoms with Gasteiger partial charge in [0.2, 0.25) is 17.7 Å². The molecule has 1 aromatic carbocycles. The van der Waals surface area contributed by atoms with E-state index >= 15 is 0 Å². The largest absolute Gasteiger partial charge is 0.508 e. The highest BCUT2D eigenvalue weighted by molar-refractivity contribution is 5.94. The summed E-state index contributed by atoms with van der Waals surface area (Å²) >= 11 is 0. The van der Waals surface area contributed by atoms with Crippen LogP contribution >= 0.6 is 0 Å². The van der Waals surface area contributed by atoms with Gasteiger partial charge in [-0.25, -0.2) is 9.78 Å². The van der Waals surface area contributed by atoms with Gasteiger partial charge in [-0.1, -0.05) is 32.4 Å². The second kappa shape index (κ2) is 13.0. The highest BCUT2D eigenvalue weighted by atomic mass is 16.4. The number of imidazole rings is 1. The fraction of sp³-hybridized carbons (Fsp3) is 0.500. The monoisotopic (exact) mass is 528 g/mol. The minimum atomic E-state index is -1.09. The molecule has 0 unspecified atom stereocenters. The summed E-state index contributed by atoms with van der Waals surface area (Å²) in [4.78, 5) is 59.7. The number of nitrogens with one attached hydrogen (secondary N) is 3. The van der Waals surface area contributed by atoms with E-state index in [1.54, 1.807) is 12.1 Å². The van der Waals surface area contributed by atoms with Gasteiger partial charge in [-0.2, -0.15) is 0 Å². The van der Waals surface area contributed by atoms with Gasteiger partial charge in [0.1, 0.15) is 23.9 Å². The van der Waals surface area contributed by atoms with Gasteiger partial charge in [0, 0.05) is 24.9 Å². The zero-order valence-corrected chi connectivity index (χ0v) is 21.6. The summed E-state index contributed by atoms with van der Waals surface area (Å²) in [7, 11) is 0. The number of rotatable bonds is 12. The van der Waals surface area contributed by atoms with Crippen molar-refractivity contribution in [1.29, 1.82) is 0 Å². The Hall–Kier alpha value is -3.93. The lowest BCUT2D eigenvalue weighted by Gasteiger charge is -2.30. The molecule has 0 aliphatic carbocycles. The Bertz CT molecular complexity index is 1110. The van der Waals surface area contributed by atoms with Crippen LogP contribution in [-0.2, 0) is 32.0 Å². The fourth-order valence-corrected chi connectivity index (χ4v) is 4.51. The Kier molecular flexibility index (Phi) is 9.83. The number of nitrogens with zero attached hydrogens (tertiary/aromatic N) is 2. The molecule has 3 rings (SSSR count). The lowest BCUT2D eigenvalue weighted by molar-refractivity contribution is -0.149. The number of hydrogen-bond donors (Lipinski definition) is 6. The van der Waals surface area contributed by atoms with Crippen molar-refractivity contribution < 1.29 is 29.4 Å². The van der Waals surface area contributed by atoms with Crippen molar-refractivity contribution in [3.63, 3.8) is 0 Å². The average molecular weight is 529 g/mol. The van der Waals surface area contributed by atoms with Crippen molar-refractivity contribution in [2.45, 2.75) is 70.1 Å². The highest BCUT2D eigenvalue weighted by Crippen LogP contribution is 2.20. The number of H-pyrrole nitrogens is 1. The molecule has 1 fully saturated rings. The first-order chi connectivity index (χ1) is 18.1. The van der Waals surface area contributed by atoms with Gasteiger partial charge in [-0.3, -0.25) is 14.4 Å². The second-order valence-corrected chi connectivity index (χ2v) is 9.72. The summed E-state index contributed by atoms with van der Waals surface area (Å²) in [5.74, 6) is -2.86. The predicted octanol–water partition coefficient (Wildman–Crippen LogP) is 0.319. The number of hydrogen-bond acceptors (Lipinski definition) is 7. The summed E-state index contributed by atoms with van der Waals surface area (Å²) in [6, 6.07) is 2.41. The van der Waals surface area contributed by atoms with Crippen molar-refractivity contribution in [2.24, 2.45) is 11.7 Å². The van der Waals surface area contributed by atoms with E-state index in [4.69, 9.17) is 5.73 Å². The van der Waals surface area contributed by atoms with Crippen molar-refractivity contribution in [3.8, 4) is 5.75 Å². The molecule has 0 saturated carbocycles. The number of aliphatic carboxylic acids is 1. The summed E-state index contributed by atoms with van der Waals surface area (Å²) in [5, 5.41) is 24.5. The number of carbonyl (C=O) groups is 4. The third-order valence-electron chi connectivity index (χ3n) is 6.94. The lowest BCUT2D eigenvalue weighted by atomic mass is 9.96. The Morgan fingerprint density at radius 3 is 2.47 bits per heavy atom. The molecule has 7 N–H and O–H groups in total. The van der Waals surface area contributed by atoms with E-state index in [1.165, 1.54) is 29.6 Å². The number of benzene rings is 1. The first-order valence-electron chi connectivity index (χ1n) is 12.8. The highest BCUT2D eigenvalue weighted by Gasteiger charge is 2.39. The van der Waals surface area contributed by atoms with Gasteiger partial charge < -0.3 is 36.5 Å². The number of likely N-dealkylation sites (tertiary alicyclic amines) is 1. The third-order valence-corrected chi connectivity index (χ3v) is 6.94. The summed E-state index contributed by atoms with van der Waals surface area (Å²) in [5.41, 5.74) is 7.45. The van der Waals surface area contributed by atoms with Crippen LogP contribution in [-0.4, -0.2) is 79.5 Å². The van der Waals surface area contributed by atoms with Crippen LogP contribution in [0, 0.1) is 5.92 Å². The van der Waals surface area contributed by atoms with Crippen LogP contribution in [0.3, 0.4) is 0 Å². The fourth-order valence-electron chi connectivity index (χ4n) is 4.51. The minimum Gasteiger partial charge on any atom is -0.508 e. The maximum Gasteiger partial charge on any atom is 0.326 e. The molecule has 3 amide bonds. The number of phenolic OH excluding ortho intramolecular Hbond substituents is 1. The van der Waals surface area contributed by atoms with Crippen LogP contribution in [0.2, 0.25) is 0 Å². The van der Waals surface area contributed by atoms with Crippen molar-refractivity contribution in [1.82, 2.24) is 25.5 Å². The second-order valence-electron chi connectivity index (χ2n) is 9.72. The molecule has 1 saturated heterocycles. The zero-order chi connectivity index (χ0) is 27.8. The molecule has 1 aromatic heterocycles. The normalized spacial score (nSPS) is 18.3. The van der Waals surface area contributed by atoms with Crippen LogP contribution in [0.25, 0.3) is 0 Å². The van der Waals surface area contributed by atoms with Crippen molar-refractivity contribution in [2.75, 3.05) is 6.54 Å².